The fourth-order valence-electron chi connectivity index (χ4n) is 0.258. The molecule has 0 heterocycles. The first kappa shape index (κ1) is 5.98. The van der Waals surface area contributed by atoms with Crippen LogP contribution in [0.25, 0.3) is 0 Å². The molecule has 0 aliphatic heterocycles. The van der Waals surface area contributed by atoms with Crippen molar-refractivity contribution in [1.82, 2.24) is 5.06 Å². The summed E-state index contributed by atoms with van der Waals surface area (Å²) in [5, 5.41) is 1.68. The topological polar surface area (TPSA) is 12.5 Å². The highest BCUT2D eigenvalue weighted by Crippen LogP contribution is 1.70. The van der Waals surface area contributed by atoms with E-state index in [4.69, 9.17) is 4.76 Å². The van der Waals surface area contributed by atoms with Gasteiger partial charge in [0, 0.05) is 14.1 Å². The third-order valence-electron chi connectivity index (χ3n) is 0.387. The van der Waals surface area contributed by atoms with Crippen LogP contribution in [0.4, 0.5) is 0 Å². The van der Waals surface area contributed by atoms with Crippen LogP contribution in [0.1, 0.15) is 0 Å². The zero-order valence-corrected chi connectivity index (χ0v) is 4.56. The molecular weight excluding hydrogens is 76.9 g/mol. The summed E-state index contributed by atoms with van der Waals surface area (Å²) in [6.45, 7) is 1.96. The van der Waals surface area contributed by atoms with Crippen LogP contribution in [-0.4, -0.2) is 26.6 Å². The van der Waals surface area contributed by atoms with Crippen molar-refractivity contribution in [2.75, 3.05) is 14.1 Å². The van der Waals surface area contributed by atoms with Crippen molar-refractivity contribution in [3.05, 3.63) is 0 Å². The van der Waals surface area contributed by atoms with E-state index < -0.39 is 0 Å². The Bertz CT molecular complexity index is 32.0. The van der Waals surface area contributed by atoms with Crippen molar-refractivity contribution in [1.29, 1.82) is 0 Å². The second-order valence-electron chi connectivity index (χ2n) is 1.23. The van der Waals surface area contributed by atoms with Crippen molar-refractivity contribution in [2.45, 2.75) is 6.82 Å². The van der Waals surface area contributed by atoms with Crippen molar-refractivity contribution in [3.8, 4) is 0 Å². The van der Waals surface area contributed by atoms with Crippen LogP contribution in [0.5, 0.6) is 0 Å². The summed E-state index contributed by atoms with van der Waals surface area (Å²) < 4.78 is 4.88. The van der Waals surface area contributed by atoms with E-state index in [9.17, 15) is 0 Å². The maximum Gasteiger partial charge on any atom is 0.301 e. The lowest BCUT2D eigenvalue weighted by Gasteiger charge is -2.05. The van der Waals surface area contributed by atoms with Crippen LogP contribution < -0.4 is 0 Å². The molecule has 0 rings (SSSR count). The highest BCUT2D eigenvalue weighted by Gasteiger charge is 1.80. The molecule has 0 aliphatic rings. The van der Waals surface area contributed by atoms with E-state index in [1.807, 2.05) is 20.9 Å². The predicted molar refractivity (Wildman–Crippen MR) is 27.8 cm³/mol. The molecule has 0 aliphatic carbocycles. The van der Waals surface area contributed by atoms with E-state index in [0.717, 1.165) is 7.48 Å². The van der Waals surface area contributed by atoms with Crippen LogP contribution in [0, 0.1) is 0 Å². The minimum Gasteiger partial charge on any atom is -0.366 e. The van der Waals surface area contributed by atoms with Gasteiger partial charge in [0.1, 0.15) is 0 Å². The monoisotopic (exact) mass is 87.1 g/mol. The fraction of sp³-hybridized carbons (Fsp3) is 1.00. The maximum atomic E-state index is 4.88. The Kier molecular flexibility index (Phi) is 3.18. The Balaban J connectivity index is 2.63. The van der Waals surface area contributed by atoms with E-state index in [2.05, 4.69) is 0 Å². The summed E-state index contributed by atoms with van der Waals surface area (Å²) in [6.07, 6.45) is 0. The van der Waals surface area contributed by atoms with Gasteiger partial charge in [0.2, 0.25) is 0 Å². The van der Waals surface area contributed by atoms with Crippen LogP contribution in [0.3, 0.4) is 0 Å². The van der Waals surface area contributed by atoms with Crippen LogP contribution in [0.15, 0.2) is 0 Å². The van der Waals surface area contributed by atoms with E-state index in [0.29, 0.717) is 0 Å². The molecule has 0 bridgehead atoms. The first-order valence-electron chi connectivity index (χ1n) is 2.07. The van der Waals surface area contributed by atoms with E-state index in [1.165, 1.54) is 0 Å². The highest BCUT2D eigenvalue weighted by molar-refractivity contribution is 6.24. The van der Waals surface area contributed by atoms with Gasteiger partial charge in [-0.1, -0.05) is 6.82 Å². The average Bonchev–Trinajstić information content (AvgIpc) is 1.35. The normalized spacial score (nSPS) is 9.33. The summed E-state index contributed by atoms with van der Waals surface area (Å²) >= 11 is 0. The molecule has 36 valence electrons. The standard InChI is InChI=1S/C3H10BNO/c1-4-6-5(2)3/h4H,1-3H3. The summed E-state index contributed by atoms with van der Waals surface area (Å²) in [7, 11) is 4.49. The lowest BCUT2D eigenvalue weighted by Crippen LogP contribution is -2.13. The SMILES string of the molecule is CBON(C)C. The predicted octanol–water partition coefficient (Wildman–Crippen LogP) is -0.121. The molecule has 3 heteroatoms. The molecule has 0 aromatic carbocycles. The van der Waals surface area contributed by atoms with Crippen molar-refractivity contribution >= 4 is 7.48 Å². The lowest BCUT2D eigenvalue weighted by atomic mass is 10.1. The van der Waals surface area contributed by atoms with Gasteiger partial charge in [0.25, 0.3) is 0 Å². The molecule has 0 amide bonds. The van der Waals surface area contributed by atoms with E-state index in [1.54, 1.807) is 5.06 Å². The molecule has 0 spiro atoms. The number of nitrogens with zero attached hydrogens (tertiary/aromatic N) is 1. The number of hydroxylamine groups is 2. The van der Waals surface area contributed by atoms with Crippen LogP contribution in [-0.2, 0) is 4.76 Å². The summed E-state index contributed by atoms with van der Waals surface area (Å²) in [5.74, 6) is 0. The Morgan fingerprint density at radius 2 is 2.00 bits per heavy atom. The molecular formula is C3H10BNO. The van der Waals surface area contributed by atoms with Crippen molar-refractivity contribution in [3.63, 3.8) is 0 Å². The molecule has 0 atom stereocenters. The third kappa shape index (κ3) is 3.98. The van der Waals surface area contributed by atoms with Gasteiger partial charge in [-0.2, -0.15) is 0 Å². The second-order valence-corrected chi connectivity index (χ2v) is 1.23. The van der Waals surface area contributed by atoms with Gasteiger partial charge >= 0.3 is 7.48 Å². The van der Waals surface area contributed by atoms with Gasteiger partial charge in [-0.15, -0.1) is 0 Å². The van der Waals surface area contributed by atoms with Crippen molar-refractivity contribution in [2.24, 2.45) is 0 Å². The largest absolute Gasteiger partial charge is 0.366 e. The third-order valence-corrected chi connectivity index (χ3v) is 0.387. The zero-order chi connectivity index (χ0) is 4.99. The van der Waals surface area contributed by atoms with Gasteiger partial charge in [0.05, 0.1) is 0 Å². The number of rotatable bonds is 2. The Labute approximate surface area is 39.3 Å². The number of hydrogen-bond donors (Lipinski definition) is 0. The Hall–Kier alpha value is -0.0151. The van der Waals surface area contributed by atoms with Crippen molar-refractivity contribution < 1.29 is 4.76 Å². The van der Waals surface area contributed by atoms with Gasteiger partial charge in [-0.25, -0.2) is 5.06 Å². The molecule has 0 saturated carbocycles. The molecule has 0 N–H and O–H groups in total. The quantitative estimate of drug-likeness (QED) is 0.344. The summed E-state index contributed by atoms with van der Waals surface area (Å²) in [5.41, 5.74) is 0. The number of hydrogen-bond acceptors (Lipinski definition) is 2. The van der Waals surface area contributed by atoms with Gasteiger partial charge < -0.3 is 4.76 Å². The molecule has 0 aromatic heterocycles. The zero-order valence-electron chi connectivity index (χ0n) is 4.56. The van der Waals surface area contributed by atoms with E-state index in [-0.39, 0.29) is 0 Å². The molecule has 0 radical (unpaired) electrons. The van der Waals surface area contributed by atoms with Crippen LogP contribution in [0.2, 0.25) is 6.82 Å². The molecule has 0 fully saturated rings. The van der Waals surface area contributed by atoms with Crippen LogP contribution >= 0.6 is 0 Å². The smallest absolute Gasteiger partial charge is 0.301 e. The van der Waals surface area contributed by atoms with E-state index >= 15 is 0 Å². The van der Waals surface area contributed by atoms with Gasteiger partial charge in [-0.3, -0.25) is 0 Å². The molecule has 6 heavy (non-hydrogen) atoms. The van der Waals surface area contributed by atoms with Gasteiger partial charge in [-0.05, 0) is 0 Å². The minimum atomic E-state index is 0.757. The maximum absolute atomic E-state index is 4.88. The molecule has 2 nitrogen and oxygen atoms in total. The molecule has 0 aromatic rings. The highest BCUT2D eigenvalue weighted by atomic mass is 16.6. The first-order valence-corrected chi connectivity index (χ1v) is 2.07. The first-order chi connectivity index (χ1) is 2.77. The minimum absolute atomic E-state index is 0.757. The second kappa shape index (κ2) is 3.19. The Morgan fingerprint density at radius 3 is 2.00 bits per heavy atom. The summed E-state index contributed by atoms with van der Waals surface area (Å²) in [6, 6.07) is 0. The fourth-order valence-corrected chi connectivity index (χ4v) is 0.258. The summed E-state index contributed by atoms with van der Waals surface area (Å²) in [4.78, 5) is 0. The molecule has 0 saturated heterocycles. The van der Waals surface area contributed by atoms with Gasteiger partial charge in [0.15, 0.2) is 0 Å². The average molecular weight is 86.9 g/mol. The Morgan fingerprint density at radius 1 is 1.50 bits per heavy atom. The molecule has 0 unspecified atom stereocenters. The lowest BCUT2D eigenvalue weighted by molar-refractivity contribution is 0.00101.